The summed E-state index contributed by atoms with van der Waals surface area (Å²) in [5, 5.41) is 19.8. The van der Waals surface area contributed by atoms with Crippen molar-refractivity contribution in [2.75, 3.05) is 13.1 Å². The Hall–Kier alpha value is -1.95. The number of carbonyl (C=O) groups excluding carboxylic acids is 1. The minimum atomic E-state index is -0.478. The third-order valence-electron chi connectivity index (χ3n) is 3.13. The van der Waals surface area contributed by atoms with E-state index in [1.165, 1.54) is 12.1 Å². The molecule has 1 aliphatic rings. The number of nitrogens with zero attached hydrogens (tertiary/aromatic N) is 2. The van der Waals surface area contributed by atoms with Gasteiger partial charge < -0.3 is 10.0 Å². The van der Waals surface area contributed by atoms with Crippen molar-refractivity contribution in [2.45, 2.75) is 18.9 Å². The summed E-state index contributed by atoms with van der Waals surface area (Å²) in [5.74, 6) is -0.543. The van der Waals surface area contributed by atoms with Crippen LogP contribution >= 0.6 is 0 Å². The smallest absolute Gasteiger partial charge is 0.269 e. The van der Waals surface area contributed by atoms with E-state index in [0.29, 0.717) is 18.7 Å². The second-order valence-corrected chi connectivity index (χ2v) is 4.47. The predicted molar refractivity (Wildman–Crippen MR) is 64.1 cm³/mol. The van der Waals surface area contributed by atoms with E-state index in [1.807, 2.05) is 0 Å². The van der Waals surface area contributed by atoms with Gasteiger partial charge in [0.1, 0.15) is 0 Å². The number of amides is 1. The van der Waals surface area contributed by atoms with E-state index >= 15 is 0 Å². The van der Waals surface area contributed by atoms with E-state index < -0.39 is 16.9 Å². The van der Waals surface area contributed by atoms with Crippen LogP contribution < -0.4 is 0 Å². The lowest BCUT2D eigenvalue weighted by molar-refractivity contribution is -0.384. The van der Waals surface area contributed by atoms with Gasteiger partial charge in [-0.25, -0.2) is 0 Å². The molecule has 1 unspecified atom stereocenters. The van der Waals surface area contributed by atoms with Gasteiger partial charge in [-0.15, -0.1) is 0 Å². The number of hydrogen-bond acceptors (Lipinski definition) is 4. The van der Waals surface area contributed by atoms with Crippen molar-refractivity contribution in [3.05, 3.63) is 39.9 Å². The van der Waals surface area contributed by atoms with Gasteiger partial charge in [0, 0.05) is 25.2 Å². The third-order valence-corrected chi connectivity index (χ3v) is 3.13. The first-order valence-corrected chi connectivity index (χ1v) is 5.70. The highest BCUT2D eigenvalue weighted by molar-refractivity contribution is 5.84. The van der Waals surface area contributed by atoms with E-state index in [9.17, 15) is 14.9 Å². The summed E-state index contributed by atoms with van der Waals surface area (Å²) in [4.78, 5) is 23.7. The maximum Gasteiger partial charge on any atom is 0.269 e. The highest BCUT2D eigenvalue weighted by Crippen LogP contribution is 2.24. The van der Waals surface area contributed by atoms with Gasteiger partial charge in [0.25, 0.3) is 5.69 Å². The monoisotopic (exact) mass is 250 g/mol. The molecular weight excluding hydrogens is 236 g/mol. The third kappa shape index (κ3) is 2.33. The van der Waals surface area contributed by atoms with Crippen LogP contribution in [-0.4, -0.2) is 40.0 Å². The van der Waals surface area contributed by atoms with Crippen molar-refractivity contribution in [1.82, 2.24) is 4.90 Å². The quantitative estimate of drug-likeness (QED) is 0.638. The second kappa shape index (κ2) is 4.73. The van der Waals surface area contributed by atoms with Crippen LogP contribution in [0.1, 0.15) is 18.4 Å². The number of nitro benzene ring substituents is 1. The number of hydrogen-bond donors (Lipinski definition) is 1. The molecule has 1 aromatic rings. The summed E-state index contributed by atoms with van der Waals surface area (Å²) in [5.41, 5.74) is 0.603. The van der Waals surface area contributed by atoms with Gasteiger partial charge >= 0.3 is 0 Å². The minimum Gasteiger partial charge on any atom is -0.389 e. The van der Waals surface area contributed by atoms with Crippen molar-refractivity contribution in [3.63, 3.8) is 0 Å². The Morgan fingerprint density at radius 3 is 2.78 bits per heavy atom. The van der Waals surface area contributed by atoms with Gasteiger partial charge in [-0.3, -0.25) is 14.9 Å². The molecule has 2 rings (SSSR count). The predicted octanol–water partition coefficient (Wildman–Crippen LogP) is 0.901. The van der Waals surface area contributed by atoms with Crippen molar-refractivity contribution in [1.29, 1.82) is 0 Å². The molecule has 0 aliphatic carbocycles. The van der Waals surface area contributed by atoms with E-state index in [1.54, 1.807) is 24.0 Å². The van der Waals surface area contributed by atoms with Gasteiger partial charge in [0.05, 0.1) is 16.9 Å². The molecule has 1 amide bonds. The lowest BCUT2D eigenvalue weighted by atomic mass is 9.97. The zero-order chi connectivity index (χ0) is 13.3. The Kier molecular flexibility index (Phi) is 3.29. The van der Waals surface area contributed by atoms with Crippen LogP contribution in [0.15, 0.2) is 24.3 Å². The molecule has 1 atom stereocenters. The molecule has 1 heterocycles. The van der Waals surface area contributed by atoms with Gasteiger partial charge in [-0.2, -0.15) is 0 Å². The molecule has 6 nitrogen and oxygen atoms in total. The normalized spacial score (nSPS) is 17.1. The second-order valence-electron chi connectivity index (χ2n) is 4.47. The Labute approximate surface area is 104 Å². The summed E-state index contributed by atoms with van der Waals surface area (Å²) >= 11 is 0. The molecule has 96 valence electrons. The van der Waals surface area contributed by atoms with Crippen LogP contribution in [0, 0.1) is 10.1 Å². The minimum absolute atomic E-state index is 0.0178. The average molecular weight is 250 g/mol. The first kappa shape index (κ1) is 12.5. The fourth-order valence-electron chi connectivity index (χ4n) is 1.96. The lowest BCUT2D eigenvalue weighted by Gasteiger charge is -2.37. The summed E-state index contributed by atoms with van der Waals surface area (Å²) in [6.45, 7) is 2.41. The number of benzene rings is 1. The summed E-state index contributed by atoms with van der Waals surface area (Å²) < 4.78 is 0. The summed E-state index contributed by atoms with van der Waals surface area (Å²) in [7, 11) is 0. The molecule has 6 heteroatoms. The van der Waals surface area contributed by atoms with Crippen molar-refractivity contribution in [2.24, 2.45) is 0 Å². The molecule has 1 N–H and O–H groups in total. The zero-order valence-electron chi connectivity index (χ0n) is 9.94. The van der Waals surface area contributed by atoms with Crippen molar-refractivity contribution < 1.29 is 14.8 Å². The van der Waals surface area contributed by atoms with Crippen LogP contribution in [0.4, 0.5) is 5.69 Å². The molecular formula is C12H14N2O4. The van der Waals surface area contributed by atoms with E-state index in [2.05, 4.69) is 0 Å². The molecule has 0 radical (unpaired) electrons. The first-order chi connectivity index (χ1) is 8.49. The Morgan fingerprint density at radius 1 is 1.56 bits per heavy atom. The first-order valence-electron chi connectivity index (χ1n) is 5.70. The van der Waals surface area contributed by atoms with Gasteiger partial charge in [-0.1, -0.05) is 12.1 Å². The SMILES string of the molecule is CC(C(=O)N1CC(O)C1)c1cccc([N+](=O)[O-])c1. The van der Waals surface area contributed by atoms with Crippen LogP contribution in [0.25, 0.3) is 0 Å². The number of aliphatic hydroxyl groups excluding tert-OH is 1. The average Bonchev–Trinajstić information content (AvgIpc) is 2.33. The topological polar surface area (TPSA) is 83.7 Å². The number of carbonyl (C=O) groups is 1. The number of β-amino-alcohol motifs (C(OH)–C–C–N with tert-alkyl or cyclic N) is 1. The number of likely N-dealkylation sites (tertiary alicyclic amines) is 1. The molecule has 1 aliphatic heterocycles. The maximum atomic E-state index is 12.0. The standard InChI is InChI=1S/C12H14N2O4/c1-8(12(16)13-6-11(15)7-13)9-3-2-4-10(5-9)14(17)18/h2-5,8,11,15H,6-7H2,1H3. The Balaban J connectivity index is 2.13. The molecule has 1 fully saturated rings. The van der Waals surface area contributed by atoms with Gasteiger partial charge in [0.15, 0.2) is 0 Å². The Bertz CT molecular complexity index is 483. The van der Waals surface area contributed by atoms with E-state index in [0.717, 1.165) is 0 Å². The fourth-order valence-corrected chi connectivity index (χ4v) is 1.96. The highest BCUT2D eigenvalue weighted by Gasteiger charge is 2.32. The molecule has 0 saturated carbocycles. The maximum absolute atomic E-state index is 12.0. The van der Waals surface area contributed by atoms with Gasteiger partial charge in [0.2, 0.25) is 5.91 Å². The van der Waals surface area contributed by atoms with Crippen molar-refractivity contribution >= 4 is 11.6 Å². The fraction of sp³-hybridized carbons (Fsp3) is 0.417. The number of rotatable bonds is 3. The highest BCUT2D eigenvalue weighted by atomic mass is 16.6. The molecule has 18 heavy (non-hydrogen) atoms. The summed E-state index contributed by atoms with van der Waals surface area (Å²) in [6.07, 6.45) is -0.439. The van der Waals surface area contributed by atoms with Crippen LogP contribution in [0.2, 0.25) is 0 Å². The molecule has 0 bridgehead atoms. The van der Waals surface area contributed by atoms with Crippen LogP contribution in [-0.2, 0) is 4.79 Å². The van der Waals surface area contributed by atoms with Crippen molar-refractivity contribution in [3.8, 4) is 0 Å². The Morgan fingerprint density at radius 2 is 2.22 bits per heavy atom. The number of non-ortho nitro benzene ring substituents is 1. The number of nitro groups is 1. The van der Waals surface area contributed by atoms with Crippen LogP contribution in [0.5, 0.6) is 0 Å². The molecule has 0 aromatic heterocycles. The van der Waals surface area contributed by atoms with Gasteiger partial charge in [-0.05, 0) is 12.5 Å². The van der Waals surface area contributed by atoms with Crippen LogP contribution in [0.3, 0.4) is 0 Å². The lowest BCUT2D eigenvalue weighted by Crippen LogP contribution is -2.54. The molecule has 1 aromatic carbocycles. The molecule has 0 spiro atoms. The zero-order valence-corrected chi connectivity index (χ0v) is 9.94. The van der Waals surface area contributed by atoms with E-state index in [4.69, 9.17) is 5.11 Å². The molecule has 1 saturated heterocycles. The summed E-state index contributed by atoms with van der Waals surface area (Å²) in [6, 6.07) is 6.08. The largest absolute Gasteiger partial charge is 0.389 e. The number of aliphatic hydroxyl groups is 1. The van der Waals surface area contributed by atoms with E-state index in [-0.39, 0.29) is 11.6 Å².